The smallest absolute Gasteiger partial charge is 0.303 e. The Hall–Kier alpha value is -3.22. The van der Waals surface area contributed by atoms with Crippen molar-refractivity contribution in [1.82, 2.24) is 0 Å². The van der Waals surface area contributed by atoms with Gasteiger partial charge in [0.05, 0.1) is 7.11 Å². The van der Waals surface area contributed by atoms with Crippen molar-refractivity contribution in [1.29, 1.82) is 0 Å². The van der Waals surface area contributed by atoms with Crippen LogP contribution in [0.3, 0.4) is 0 Å². The summed E-state index contributed by atoms with van der Waals surface area (Å²) >= 11 is 0. The van der Waals surface area contributed by atoms with Gasteiger partial charge in [-0.25, -0.2) is 0 Å². The van der Waals surface area contributed by atoms with E-state index < -0.39 is 18.1 Å². The van der Waals surface area contributed by atoms with Crippen molar-refractivity contribution in [2.75, 3.05) is 18.8 Å². The van der Waals surface area contributed by atoms with E-state index in [9.17, 15) is 9.59 Å². The molecule has 1 fully saturated rings. The van der Waals surface area contributed by atoms with Crippen LogP contribution in [0.15, 0.2) is 42.5 Å². The normalized spacial score (nSPS) is 20.5. The van der Waals surface area contributed by atoms with Crippen LogP contribution in [0.4, 0.5) is 5.69 Å². The van der Waals surface area contributed by atoms with Crippen molar-refractivity contribution in [2.24, 2.45) is 0 Å². The van der Waals surface area contributed by atoms with Crippen molar-refractivity contribution in [3.8, 4) is 17.2 Å². The van der Waals surface area contributed by atoms with Crippen molar-refractivity contribution in [3.05, 3.63) is 48.0 Å². The highest BCUT2D eigenvalue weighted by Crippen LogP contribution is 2.44. The predicted molar refractivity (Wildman–Crippen MR) is 91.3 cm³/mol. The number of carbonyl (C=O) groups is 2. The summed E-state index contributed by atoms with van der Waals surface area (Å²) in [6.07, 6.45) is -0.866. The zero-order valence-corrected chi connectivity index (χ0v) is 14.3. The van der Waals surface area contributed by atoms with Gasteiger partial charge in [-0.2, -0.15) is 0 Å². The van der Waals surface area contributed by atoms with E-state index >= 15 is 0 Å². The molecule has 2 atom stereocenters. The Kier molecular flexibility index (Phi) is 3.91. The molecule has 1 saturated heterocycles. The van der Waals surface area contributed by atoms with Gasteiger partial charge in [0.1, 0.15) is 11.8 Å². The number of methoxy groups -OCH3 is 1. The molecule has 0 saturated carbocycles. The van der Waals surface area contributed by atoms with Gasteiger partial charge in [0, 0.05) is 12.6 Å². The van der Waals surface area contributed by atoms with Crippen molar-refractivity contribution < 1.29 is 28.5 Å². The molecule has 26 heavy (non-hydrogen) atoms. The van der Waals surface area contributed by atoms with Gasteiger partial charge in [0.15, 0.2) is 11.5 Å². The number of hydrogen-bond acceptors (Lipinski definition) is 6. The molecule has 4 rings (SSSR count). The van der Waals surface area contributed by atoms with Crippen LogP contribution in [0.5, 0.6) is 17.2 Å². The van der Waals surface area contributed by atoms with E-state index in [1.807, 2.05) is 12.1 Å². The minimum absolute atomic E-state index is 0.165. The van der Waals surface area contributed by atoms with Crippen molar-refractivity contribution in [2.45, 2.75) is 19.1 Å². The number of rotatable bonds is 4. The van der Waals surface area contributed by atoms with Gasteiger partial charge in [0.25, 0.3) is 5.91 Å². The Morgan fingerprint density at radius 1 is 1.12 bits per heavy atom. The lowest BCUT2D eigenvalue weighted by atomic mass is 9.89. The number of hydrogen-bond donors (Lipinski definition) is 0. The quantitative estimate of drug-likeness (QED) is 0.619. The molecule has 7 nitrogen and oxygen atoms in total. The second-order valence-electron chi connectivity index (χ2n) is 5.99. The van der Waals surface area contributed by atoms with Gasteiger partial charge in [0.2, 0.25) is 12.9 Å². The third kappa shape index (κ3) is 2.61. The average molecular weight is 355 g/mol. The summed E-state index contributed by atoms with van der Waals surface area (Å²) in [7, 11) is 1.58. The fourth-order valence-corrected chi connectivity index (χ4v) is 3.21. The topological polar surface area (TPSA) is 74.3 Å². The molecule has 0 spiro atoms. The summed E-state index contributed by atoms with van der Waals surface area (Å²) in [5, 5.41) is 0. The second-order valence-corrected chi connectivity index (χ2v) is 5.99. The SMILES string of the molecule is COc1ccc(N2C(=O)C(OC(C)=O)C2c2ccc3c(c2)OCO3)cc1. The Balaban J connectivity index is 1.70. The number of ether oxygens (including phenoxy) is 4. The maximum absolute atomic E-state index is 12.6. The van der Waals surface area contributed by atoms with E-state index in [4.69, 9.17) is 18.9 Å². The molecular weight excluding hydrogens is 338 g/mol. The standard InChI is InChI=1S/C19H17NO6/c1-11(21)26-18-17(12-3-8-15-16(9-12)25-10-24-15)20(19(18)22)13-4-6-14(23-2)7-5-13/h3-9,17-18H,10H2,1-2H3. The molecule has 1 amide bonds. The summed E-state index contributed by atoms with van der Waals surface area (Å²) in [6.45, 7) is 1.46. The van der Waals surface area contributed by atoms with Crippen LogP contribution in [0.2, 0.25) is 0 Å². The zero-order chi connectivity index (χ0) is 18.3. The lowest BCUT2D eigenvalue weighted by molar-refractivity contribution is -0.160. The molecular formula is C19H17NO6. The largest absolute Gasteiger partial charge is 0.497 e. The number of anilines is 1. The van der Waals surface area contributed by atoms with Crippen molar-refractivity contribution in [3.63, 3.8) is 0 Å². The third-order valence-electron chi connectivity index (χ3n) is 4.43. The molecule has 2 aromatic carbocycles. The summed E-state index contributed by atoms with van der Waals surface area (Å²) in [5.41, 5.74) is 1.50. The molecule has 2 aliphatic heterocycles. The van der Waals surface area contributed by atoms with Crippen molar-refractivity contribution >= 4 is 17.6 Å². The fourth-order valence-electron chi connectivity index (χ4n) is 3.21. The summed E-state index contributed by atoms with van der Waals surface area (Å²) in [4.78, 5) is 25.7. The number of benzene rings is 2. The van der Waals surface area contributed by atoms with Crippen LogP contribution >= 0.6 is 0 Å². The Morgan fingerprint density at radius 2 is 1.85 bits per heavy atom. The number of esters is 1. The summed E-state index contributed by atoms with van der Waals surface area (Å²) < 4.78 is 21.2. The van der Waals surface area contributed by atoms with Gasteiger partial charge in [-0.15, -0.1) is 0 Å². The van der Waals surface area contributed by atoms with Crippen LogP contribution in [0, 0.1) is 0 Å². The molecule has 0 aliphatic carbocycles. The minimum atomic E-state index is -0.866. The Labute approximate surface area is 150 Å². The van der Waals surface area contributed by atoms with Crippen LogP contribution < -0.4 is 19.1 Å². The third-order valence-corrected chi connectivity index (χ3v) is 4.43. The monoisotopic (exact) mass is 355 g/mol. The van der Waals surface area contributed by atoms with Gasteiger partial charge in [-0.3, -0.25) is 14.5 Å². The van der Waals surface area contributed by atoms with Crippen LogP contribution in [0.25, 0.3) is 0 Å². The van der Waals surface area contributed by atoms with E-state index in [2.05, 4.69) is 0 Å². The van der Waals surface area contributed by atoms with E-state index in [-0.39, 0.29) is 12.7 Å². The van der Waals surface area contributed by atoms with E-state index in [0.717, 1.165) is 5.56 Å². The molecule has 7 heteroatoms. The molecule has 0 N–H and O–H groups in total. The van der Waals surface area contributed by atoms with Crippen LogP contribution in [-0.4, -0.2) is 31.9 Å². The molecule has 2 aromatic rings. The van der Waals surface area contributed by atoms with Crippen LogP contribution in [0.1, 0.15) is 18.5 Å². The van der Waals surface area contributed by atoms with E-state index in [1.54, 1.807) is 42.3 Å². The predicted octanol–water partition coefficient (Wildman–Crippen LogP) is 2.44. The Morgan fingerprint density at radius 3 is 2.54 bits per heavy atom. The molecule has 134 valence electrons. The average Bonchev–Trinajstić information content (AvgIpc) is 3.11. The van der Waals surface area contributed by atoms with E-state index in [0.29, 0.717) is 22.9 Å². The van der Waals surface area contributed by atoms with E-state index in [1.165, 1.54) is 6.92 Å². The molecule has 0 aromatic heterocycles. The number of carbonyl (C=O) groups excluding carboxylic acids is 2. The maximum atomic E-state index is 12.6. The molecule has 0 bridgehead atoms. The second kappa shape index (κ2) is 6.25. The molecule has 2 heterocycles. The highest BCUT2D eigenvalue weighted by molar-refractivity contribution is 6.06. The highest BCUT2D eigenvalue weighted by Gasteiger charge is 2.51. The first-order valence-electron chi connectivity index (χ1n) is 8.12. The number of β-lactam (4-membered cyclic amide) rings is 1. The number of nitrogens with zero attached hydrogens (tertiary/aromatic N) is 1. The summed E-state index contributed by atoms with van der Waals surface area (Å²) in [6, 6.07) is 12.1. The number of amides is 1. The minimum Gasteiger partial charge on any atom is -0.497 e. The molecule has 0 radical (unpaired) electrons. The number of fused-ring (bicyclic) bond motifs is 1. The van der Waals surface area contributed by atoms with Gasteiger partial charge in [-0.05, 0) is 42.0 Å². The summed E-state index contributed by atoms with van der Waals surface area (Å²) in [5.74, 6) is 1.19. The zero-order valence-electron chi connectivity index (χ0n) is 14.3. The van der Waals surface area contributed by atoms with Gasteiger partial charge in [-0.1, -0.05) is 6.07 Å². The lowest BCUT2D eigenvalue weighted by Gasteiger charge is -2.46. The highest BCUT2D eigenvalue weighted by atomic mass is 16.7. The molecule has 2 unspecified atom stereocenters. The maximum Gasteiger partial charge on any atom is 0.303 e. The van der Waals surface area contributed by atoms with Crippen LogP contribution in [-0.2, 0) is 14.3 Å². The first-order valence-corrected chi connectivity index (χ1v) is 8.12. The Bertz CT molecular complexity index is 863. The molecule has 2 aliphatic rings. The van der Waals surface area contributed by atoms with Gasteiger partial charge < -0.3 is 18.9 Å². The lowest BCUT2D eigenvalue weighted by Crippen LogP contribution is -2.60. The van der Waals surface area contributed by atoms with Gasteiger partial charge >= 0.3 is 5.97 Å². The first kappa shape index (κ1) is 16.3. The fraction of sp³-hybridized carbons (Fsp3) is 0.263. The first-order chi connectivity index (χ1) is 12.6.